The van der Waals surface area contributed by atoms with Crippen LogP contribution in [0.2, 0.25) is 5.02 Å². The molecule has 0 bridgehead atoms. The van der Waals surface area contributed by atoms with Gasteiger partial charge in [-0.05, 0) is 53.2 Å². The Balaban J connectivity index is 1.44. The molecule has 0 saturated carbocycles. The number of aromatic nitrogens is 2. The first kappa shape index (κ1) is 18.5. The van der Waals surface area contributed by atoms with Crippen molar-refractivity contribution in [3.05, 3.63) is 89.2 Å². The first-order valence-electron chi connectivity index (χ1n) is 8.92. The SMILES string of the molecule is Cc1ccc(NC(=S)Nc2cnn(Cc3cccc4ccccc34)c2)cc1Cl. The molecular weight excluding hydrogens is 388 g/mol. The lowest BCUT2D eigenvalue weighted by Gasteiger charge is -2.10. The largest absolute Gasteiger partial charge is 0.332 e. The fraction of sp³-hybridized carbons (Fsp3) is 0.0909. The van der Waals surface area contributed by atoms with Crippen molar-refractivity contribution in [1.29, 1.82) is 0 Å². The molecule has 0 fully saturated rings. The van der Waals surface area contributed by atoms with Crippen LogP contribution in [-0.2, 0) is 6.54 Å². The third-order valence-electron chi connectivity index (χ3n) is 4.53. The smallest absolute Gasteiger partial charge is 0.175 e. The van der Waals surface area contributed by atoms with Gasteiger partial charge < -0.3 is 10.6 Å². The van der Waals surface area contributed by atoms with Gasteiger partial charge in [0.2, 0.25) is 0 Å². The van der Waals surface area contributed by atoms with Gasteiger partial charge in [-0.3, -0.25) is 4.68 Å². The molecule has 4 rings (SSSR count). The molecular formula is C22H19ClN4S. The Bertz CT molecular complexity index is 1150. The number of halogens is 1. The van der Waals surface area contributed by atoms with Gasteiger partial charge in [0, 0.05) is 16.9 Å². The number of nitrogens with one attached hydrogen (secondary N) is 2. The van der Waals surface area contributed by atoms with Crippen LogP contribution in [0.15, 0.2) is 73.1 Å². The second kappa shape index (κ2) is 8.00. The number of fused-ring (bicyclic) bond motifs is 1. The maximum absolute atomic E-state index is 6.16. The van der Waals surface area contributed by atoms with E-state index in [0.29, 0.717) is 16.7 Å². The molecule has 140 valence electrons. The molecule has 4 aromatic rings. The van der Waals surface area contributed by atoms with E-state index in [9.17, 15) is 0 Å². The fourth-order valence-electron chi connectivity index (χ4n) is 3.08. The monoisotopic (exact) mass is 406 g/mol. The van der Waals surface area contributed by atoms with Crippen LogP contribution in [-0.4, -0.2) is 14.9 Å². The van der Waals surface area contributed by atoms with E-state index in [2.05, 4.69) is 58.2 Å². The van der Waals surface area contributed by atoms with Crippen LogP contribution in [0.4, 0.5) is 11.4 Å². The molecule has 1 aromatic heterocycles. The van der Waals surface area contributed by atoms with E-state index in [4.69, 9.17) is 23.8 Å². The minimum absolute atomic E-state index is 0.490. The third kappa shape index (κ3) is 4.16. The molecule has 0 atom stereocenters. The molecule has 28 heavy (non-hydrogen) atoms. The van der Waals surface area contributed by atoms with Crippen molar-refractivity contribution in [3.63, 3.8) is 0 Å². The van der Waals surface area contributed by atoms with E-state index in [1.807, 2.05) is 36.0 Å². The summed E-state index contributed by atoms with van der Waals surface area (Å²) in [5.41, 5.74) is 3.93. The van der Waals surface area contributed by atoms with Gasteiger partial charge in [-0.15, -0.1) is 0 Å². The molecule has 4 nitrogen and oxygen atoms in total. The molecule has 0 spiro atoms. The zero-order chi connectivity index (χ0) is 19.5. The number of anilines is 2. The summed E-state index contributed by atoms with van der Waals surface area (Å²) in [5.74, 6) is 0. The quantitative estimate of drug-likeness (QED) is 0.417. The van der Waals surface area contributed by atoms with Crippen LogP contribution < -0.4 is 10.6 Å². The standard InChI is InChI=1S/C22H19ClN4S/c1-15-9-10-18(11-21(15)23)25-22(28)26-19-12-24-27(14-19)13-17-7-4-6-16-5-2-3-8-20(16)17/h2-12,14H,13H2,1H3,(H2,25,26,28). The molecule has 0 aliphatic carbocycles. The second-order valence-corrected chi connectivity index (χ2v) is 7.42. The fourth-order valence-corrected chi connectivity index (χ4v) is 3.50. The van der Waals surface area contributed by atoms with Crippen molar-refractivity contribution >= 4 is 51.1 Å². The Morgan fingerprint density at radius 3 is 2.68 bits per heavy atom. The Morgan fingerprint density at radius 1 is 1.04 bits per heavy atom. The topological polar surface area (TPSA) is 41.9 Å². The molecule has 0 radical (unpaired) electrons. The molecule has 0 saturated heterocycles. The first-order valence-corrected chi connectivity index (χ1v) is 9.70. The summed E-state index contributed by atoms with van der Waals surface area (Å²) < 4.78 is 1.90. The predicted octanol–water partition coefficient (Wildman–Crippen LogP) is 5.86. The summed E-state index contributed by atoms with van der Waals surface area (Å²) in [4.78, 5) is 0. The number of hydrogen-bond acceptors (Lipinski definition) is 2. The van der Waals surface area contributed by atoms with Crippen LogP contribution in [0.25, 0.3) is 10.8 Å². The summed E-state index contributed by atoms with van der Waals surface area (Å²) in [6.07, 6.45) is 3.71. The van der Waals surface area contributed by atoms with Crippen molar-refractivity contribution in [2.75, 3.05) is 10.6 Å². The van der Waals surface area contributed by atoms with Gasteiger partial charge in [0.1, 0.15) is 0 Å². The summed E-state index contributed by atoms with van der Waals surface area (Å²) >= 11 is 11.6. The van der Waals surface area contributed by atoms with Crippen LogP contribution in [0.1, 0.15) is 11.1 Å². The van der Waals surface area contributed by atoms with Gasteiger partial charge in [0.25, 0.3) is 0 Å². The molecule has 2 N–H and O–H groups in total. The Kier molecular flexibility index (Phi) is 5.28. The molecule has 1 heterocycles. The van der Waals surface area contributed by atoms with Crippen LogP contribution in [0.3, 0.4) is 0 Å². The van der Waals surface area contributed by atoms with E-state index in [1.165, 1.54) is 16.3 Å². The van der Waals surface area contributed by atoms with Gasteiger partial charge >= 0.3 is 0 Å². The van der Waals surface area contributed by atoms with Crippen LogP contribution in [0, 0.1) is 6.92 Å². The summed E-state index contributed by atoms with van der Waals surface area (Å²) in [6.45, 7) is 2.66. The normalized spacial score (nSPS) is 10.8. The Morgan fingerprint density at radius 2 is 1.82 bits per heavy atom. The lowest BCUT2D eigenvalue weighted by molar-refractivity contribution is 0.690. The molecule has 0 amide bonds. The highest BCUT2D eigenvalue weighted by molar-refractivity contribution is 7.80. The van der Waals surface area contributed by atoms with Crippen molar-refractivity contribution in [1.82, 2.24) is 9.78 Å². The number of rotatable bonds is 4. The summed E-state index contributed by atoms with van der Waals surface area (Å²) in [7, 11) is 0. The van der Waals surface area contributed by atoms with E-state index >= 15 is 0 Å². The third-order valence-corrected chi connectivity index (χ3v) is 5.14. The molecule has 0 unspecified atom stereocenters. The molecule has 3 aromatic carbocycles. The number of thiocarbonyl (C=S) groups is 1. The highest BCUT2D eigenvalue weighted by Gasteiger charge is 2.06. The highest BCUT2D eigenvalue weighted by Crippen LogP contribution is 2.21. The van der Waals surface area contributed by atoms with E-state index in [1.54, 1.807) is 6.20 Å². The van der Waals surface area contributed by atoms with Crippen molar-refractivity contribution < 1.29 is 0 Å². The van der Waals surface area contributed by atoms with Gasteiger partial charge in [-0.1, -0.05) is 60.1 Å². The van der Waals surface area contributed by atoms with Gasteiger partial charge in [0.05, 0.1) is 18.4 Å². The van der Waals surface area contributed by atoms with E-state index in [0.717, 1.165) is 16.9 Å². The van der Waals surface area contributed by atoms with Crippen molar-refractivity contribution in [3.8, 4) is 0 Å². The minimum atomic E-state index is 0.490. The second-order valence-electron chi connectivity index (χ2n) is 6.61. The Labute approximate surface area is 174 Å². The number of hydrogen-bond donors (Lipinski definition) is 2. The minimum Gasteiger partial charge on any atom is -0.332 e. The maximum atomic E-state index is 6.16. The highest BCUT2D eigenvalue weighted by atomic mass is 35.5. The first-order chi connectivity index (χ1) is 13.6. The van der Waals surface area contributed by atoms with E-state index < -0.39 is 0 Å². The van der Waals surface area contributed by atoms with Gasteiger partial charge in [-0.2, -0.15) is 5.10 Å². The van der Waals surface area contributed by atoms with Crippen LogP contribution in [0.5, 0.6) is 0 Å². The molecule has 0 aliphatic heterocycles. The predicted molar refractivity (Wildman–Crippen MR) is 121 cm³/mol. The average Bonchev–Trinajstić information content (AvgIpc) is 3.12. The van der Waals surface area contributed by atoms with Crippen molar-refractivity contribution in [2.24, 2.45) is 0 Å². The van der Waals surface area contributed by atoms with Gasteiger partial charge in [-0.25, -0.2) is 0 Å². The number of aryl methyl sites for hydroxylation is 1. The summed E-state index contributed by atoms with van der Waals surface area (Å²) in [6, 6.07) is 20.5. The zero-order valence-corrected chi connectivity index (χ0v) is 16.9. The van der Waals surface area contributed by atoms with Gasteiger partial charge in [0.15, 0.2) is 5.11 Å². The molecule has 6 heteroatoms. The lowest BCUT2D eigenvalue weighted by atomic mass is 10.0. The molecule has 0 aliphatic rings. The van der Waals surface area contributed by atoms with Crippen LogP contribution >= 0.6 is 23.8 Å². The number of benzene rings is 3. The zero-order valence-electron chi connectivity index (χ0n) is 15.3. The van der Waals surface area contributed by atoms with Crippen molar-refractivity contribution in [2.45, 2.75) is 13.5 Å². The number of nitrogens with zero attached hydrogens (tertiary/aromatic N) is 2. The van der Waals surface area contributed by atoms with E-state index in [-0.39, 0.29) is 0 Å². The lowest BCUT2D eigenvalue weighted by Crippen LogP contribution is -2.18. The summed E-state index contributed by atoms with van der Waals surface area (Å²) in [5, 5.41) is 14.4. The Hall–Kier alpha value is -2.89. The maximum Gasteiger partial charge on any atom is 0.175 e. The average molecular weight is 407 g/mol.